The van der Waals surface area contributed by atoms with Gasteiger partial charge in [-0.25, -0.2) is 4.98 Å². The van der Waals surface area contributed by atoms with E-state index in [1.807, 2.05) is 13.0 Å². The molecule has 2 aromatic rings. The van der Waals surface area contributed by atoms with E-state index in [1.165, 1.54) is 12.8 Å². The van der Waals surface area contributed by atoms with Gasteiger partial charge in [0.1, 0.15) is 5.65 Å². The molecule has 0 unspecified atom stereocenters. The van der Waals surface area contributed by atoms with Crippen LogP contribution in [0.2, 0.25) is 0 Å². The minimum atomic E-state index is 0.0588. The van der Waals surface area contributed by atoms with E-state index in [0.29, 0.717) is 11.0 Å². The molecule has 1 fully saturated rings. The lowest BCUT2D eigenvalue weighted by atomic mass is 10.3. The maximum Gasteiger partial charge on any atom is 0.262 e. The number of aryl methyl sites for hydroxylation is 1. The number of rotatable bonds is 3. The number of fused-ring (bicyclic) bond motifs is 1. The summed E-state index contributed by atoms with van der Waals surface area (Å²) in [5.41, 5.74) is 1.73. The first kappa shape index (κ1) is 11.5. The molecule has 0 amide bonds. The first-order chi connectivity index (χ1) is 8.74. The molecule has 0 bridgehead atoms. The van der Waals surface area contributed by atoms with Gasteiger partial charge < -0.3 is 9.88 Å². The largest absolute Gasteiger partial charge is 0.343 e. The second-order valence-corrected chi connectivity index (χ2v) is 5.01. The molecule has 5 heteroatoms. The molecule has 1 aliphatic rings. The average molecular weight is 246 g/mol. The number of nitrogens with one attached hydrogen (secondary N) is 1. The van der Waals surface area contributed by atoms with E-state index >= 15 is 0 Å². The summed E-state index contributed by atoms with van der Waals surface area (Å²) in [6, 6.07) is 1.87. The normalized spacial score (nSPS) is 16.7. The Kier molecular flexibility index (Phi) is 2.91. The number of hydrogen-bond acceptors (Lipinski definition) is 3. The molecule has 2 aromatic heterocycles. The number of likely N-dealkylation sites (tertiary alicyclic amines) is 1. The molecule has 1 aliphatic heterocycles. The molecule has 1 N–H and O–H groups in total. The maximum atomic E-state index is 12.2. The van der Waals surface area contributed by atoms with Crippen molar-refractivity contribution in [2.24, 2.45) is 0 Å². The van der Waals surface area contributed by atoms with Crippen LogP contribution < -0.4 is 5.56 Å². The van der Waals surface area contributed by atoms with Gasteiger partial charge in [-0.3, -0.25) is 9.36 Å². The molecular formula is C13H18N4O. The van der Waals surface area contributed by atoms with Crippen LogP contribution in [0.4, 0.5) is 0 Å². The minimum Gasteiger partial charge on any atom is -0.343 e. The van der Waals surface area contributed by atoms with E-state index in [0.717, 1.165) is 31.9 Å². The predicted molar refractivity (Wildman–Crippen MR) is 70.8 cm³/mol. The van der Waals surface area contributed by atoms with Crippen LogP contribution >= 0.6 is 0 Å². The lowest BCUT2D eigenvalue weighted by Crippen LogP contribution is -2.29. The monoisotopic (exact) mass is 246 g/mol. The van der Waals surface area contributed by atoms with Gasteiger partial charge in [-0.1, -0.05) is 0 Å². The highest BCUT2D eigenvalue weighted by molar-refractivity contribution is 5.74. The topological polar surface area (TPSA) is 53.9 Å². The highest BCUT2D eigenvalue weighted by atomic mass is 16.1. The van der Waals surface area contributed by atoms with E-state index in [1.54, 1.807) is 10.9 Å². The summed E-state index contributed by atoms with van der Waals surface area (Å²) in [4.78, 5) is 22.0. The van der Waals surface area contributed by atoms with Crippen molar-refractivity contribution >= 4 is 11.0 Å². The average Bonchev–Trinajstić information content (AvgIpc) is 2.97. The molecule has 3 rings (SSSR count). The highest BCUT2D eigenvalue weighted by Crippen LogP contribution is 2.08. The second kappa shape index (κ2) is 4.57. The highest BCUT2D eigenvalue weighted by Gasteiger charge is 2.12. The molecule has 0 aliphatic carbocycles. The van der Waals surface area contributed by atoms with Crippen LogP contribution in [0.5, 0.6) is 0 Å². The Morgan fingerprint density at radius 3 is 2.89 bits per heavy atom. The first-order valence-electron chi connectivity index (χ1n) is 6.51. The molecule has 5 nitrogen and oxygen atoms in total. The number of H-pyrrole nitrogens is 1. The molecule has 0 atom stereocenters. The van der Waals surface area contributed by atoms with Gasteiger partial charge in [0, 0.05) is 18.8 Å². The fraction of sp³-hybridized carbons (Fsp3) is 0.538. The van der Waals surface area contributed by atoms with E-state index in [2.05, 4.69) is 14.9 Å². The summed E-state index contributed by atoms with van der Waals surface area (Å²) in [5.74, 6) is 0. The maximum absolute atomic E-state index is 12.2. The molecule has 0 spiro atoms. The molecule has 1 saturated heterocycles. The van der Waals surface area contributed by atoms with Gasteiger partial charge in [-0.05, 0) is 38.9 Å². The smallest absolute Gasteiger partial charge is 0.262 e. The van der Waals surface area contributed by atoms with Crippen molar-refractivity contribution in [1.82, 2.24) is 19.4 Å². The number of aromatic nitrogens is 3. The fourth-order valence-corrected chi connectivity index (χ4v) is 2.59. The van der Waals surface area contributed by atoms with Crippen molar-refractivity contribution in [2.45, 2.75) is 26.3 Å². The number of hydrogen-bond donors (Lipinski definition) is 1. The third-order valence-corrected chi connectivity index (χ3v) is 3.60. The summed E-state index contributed by atoms with van der Waals surface area (Å²) in [6.45, 7) is 5.93. The van der Waals surface area contributed by atoms with Gasteiger partial charge in [0.25, 0.3) is 5.56 Å². The third kappa shape index (κ3) is 2.06. The lowest BCUT2D eigenvalue weighted by molar-refractivity contribution is 0.320. The SMILES string of the molecule is Cc1cc2c(=O)n(CCN3CCCC3)cnc2[nH]1. The Labute approximate surface area is 105 Å². The van der Waals surface area contributed by atoms with Gasteiger partial charge in [0.15, 0.2) is 0 Å². The quantitative estimate of drug-likeness (QED) is 0.883. The molecule has 0 saturated carbocycles. The van der Waals surface area contributed by atoms with Gasteiger partial charge in [0.2, 0.25) is 0 Å². The summed E-state index contributed by atoms with van der Waals surface area (Å²) < 4.78 is 1.72. The van der Waals surface area contributed by atoms with Crippen LogP contribution in [0.25, 0.3) is 11.0 Å². The van der Waals surface area contributed by atoms with Crippen molar-refractivity contribution in [1.29, 1.82) is 0 Å². The molecule has 96 valence electrons. The molecular weight excluding hydrogens is 228 g/mol. The van der Waals surface area contributed by atoms with Crippen molar-refractivity contribution < 1.29 is 0 Å². The van der Waals surface area contributed by atoms with Crippen LogP contribution in [0.1, 0.15) is 18.5 Å². The molecule has 3 heterocycles. The van der Waals surface area contributed by atoms with E-state index in [4.69, 9.17) is 0 Å². The summed E-state index contributed by atoms with van der Waals surface area (Å²) in [5, 5.41) is 0.691. The van der Waals surface area contributed by atoms with Crippen LogP contribution in [0.15, 0.2) is 17.2 Å². The van der Waals surface area contributed by atoms with Gasteiger partial charge in [0.05, 0.1) is 11.7 Å². The van der Waals surface area contributed by atoms with Gasteiger partial charge in [-0.15, -0.1) is 0 Å². The Bertz CT molecular complexity index is 607. The zero-order valence-electron chi connectivity index (χ0n) is 10.6. The van der Waals surface area contributed by atoms with Crippen LogP contribution in [0.3, 0.4) is 0 Å². The van der Waals surface area contributed by atoms with Gasteiger partial charge in [-0.2, -0.15) is 0 Å². The van der Waals surface area contributed by atoms with Crippen LogP contribution in [-0.4, -0.2) is 39.1 Å². The lowest BCUT2D eigenvalue weighted by Gasteiger charge is -2.14. The van der Waals surface area contributed by atoms with Crippen molar-refractivity contribution in [3.63, 3.8) is 0 Å². The summed E-state index contributed by atoms with van der Waals surface area (Å²) in [7, 11) is 0. The van der Waals surface area contributed by atoms with Crippen molar-refractivity contribution in [2.75, 3.05) is 19.6 Å². The molecule has 0 radical (unpaired) electrons. The molecule has 0 aromatic carbocycles. The van der Waals surface area contributed by atoms with E-state index in [-0.39, 0.29) is 5.56 Å². The number of aromatic amines is 1. The Hall–Kier alpha value is -1.62. The van der Waals surface area contributed by atoms with Crippen molar-refractivity contribution in [3.8, 4) is 0 Å². The zero-order valence-corrected chi connectivity index (χ0v) is 10.6. The zero-order chi connectivity index (χ0) is 12.5. The molecule has 18 heavy (non-hydrogen) atoms. The standard InChI is InChI=1S/C13H18N4O/c1-10-8-11-12(15-10)14-9-17(13(11)18)7-6-16-4-2-3-5-16/h8-9,15H,2-7H2,1H3. The number of nitrogens with zero attached hydrogens (tertiary/aromatic N) is 3. The van der Waals surface area contributed by atoms with E-state index in [9.17, 15) is 4.79 Å². The van der Waals surface area contributed by atoms with Crippen molar-refractivity contribution in [3.05, 3.63) is 28.4 Å². The fourth-order valence-electron chi connectivity index (χ4n) is 2.59. The second-order valence-electron chi connectivity index (χ2n) is 5.01. The predicted octanol–water partition coefficient (Wildman–Crippen LogP) is 1.13. The first-order valence-corrected chi connectivity index (χ1v) is 6.51. The minimum absolute atomic E-state index is 0.0588. The Morgan fingerprint density at radius 1 is 1.33 bits per heavy atom. The van der Waals surface area contributed by atoms with Crippen LogP contribution in [-0.2, 0) is 6.54 Å². The van der Waals surface area contributed by atoms with E-state index < -0.39 is 0 Å². The van der Waals surface area contributed by atoms with Gasteiger partial charge >= 0.3 is 0 Å². The summed E-state index contributed by atoms with van der Waals surface area (Å²) >= 11 is 0. The van der Waals surface area contributed by atoms with Crippen LogP contribution in [0, 0.1) is 6.92 Å². The Morgan fingerprint density at radius 2 is 2.11 bits per heavy atom. The summed E-state index contributed by atoms with van der Waals surface area (Å²) in [6.07, 6.45) is 4.21. The Balaban J connectivity index is 1.83. The third-order valence-electron chi connectivity index (χ3n) is 3.60.